The molecule has 0 radical (unpaired) electrons. The standard InChI is InChI=1S/C21H22FN3O3S/c1-14(15-7-9-16(22)10-8-15)23-19(27)13-29-21-24-18-6-3-2-5-17(18)20(28)25(21)11-4-12-26/h2-3,5-10,14,26H,4,11-13H2,1H3,(H,23,27). The molecule has 152 valence electrons. The summed E-state index contributed by atoms with van der Waals surface area (Å²) in [6.07, 6.45) is 0.418. The van der Waals surface area contributed by atoms with Crippen molar-refractivity contribution < 1.29 is 14.3 Å². The number of thioether (sulfide) groups is 1. The Bertz CT molecular complexity index is 1050. The van der Waals surface area contributed by atoms with Crippen molar-refractivity contribution in [3.63, 3.8) is 0 Å². The van der Waals surface area contributed by atoms with Gasteiger partial charge in [-0.25, -0.2) is 9.37 Å². The number of para-hydroxylation sites is 1. The number of carbonyl (C=O) groups is 1. The Morgan fingerprint density at radius 1 is 1.24 bits per heavy atom. The minimum atomic E-state index is -0.328. The second-order valence-corrected chi connectivity index (χ2v) is 7.52. The summed E-state index contributed by atoms with van der Waals surface area (Å²) < 4.78 is 14.5. The second kappa shape index (κ2) is 9.67. The van der Waals surface area contributed by atoms with E-state index in [1.807, 2.05) is 6.92 Å². The predicted molar refractivity (Wildman–Crippen MR) is 111 cm³/mol. The number of halogens is 1. The lowest BCUT2D eigenvalue weighted by atomic mass is 10.1. The number of nitrogens with zero attached hydrogens (tertiary/aromatic N) is 2. The molecule has 0 spiro atoms. The Balaban J connectivity index is 1.74. The Morgan fingerprint density at radius 3 is 2.69 bits per heavy atom. The molecule has 29 heavy (non-hydrogen) atoms. The van der Waals surface area contributed by atoms with Crippen LogP contribution in [0, 0.1) is 5.82 Å². The monoisotopic (exact) mass is 415 g/mol. The Kier molecular flexibility index (Phi) is 7.00. The Labute approximate surface area is 171 Å². The molecule has 0 saturated heterocycles. The molecule has 0 saturated carbocycles. The van der Waals surface area contributed by atoms with Gasteiger partial charge in [-0.05, 0) is 43.2 Å². The van der Waals surface area contributed by atoms with Crippen molar-refractivity contribution >= 4 is 28.6 Å². The number of benzene rings is 2. The molecule has 1 amide bonds. The van der Waals surface area contributed by atoms with Crippen LogP contribution in [0.25, 0.3) is 10.9 Å². The zero-order valence-electron chi connectivity index (χ0n) is 16.0. The lowest BCUT2D eigenvalue weighted by Crippen LogP contribution is -2.29. The van der Waals surface area contributed by atoms with E-state index in [0.717, 1.165) is 5.56 Å². The SMILES string of the molecule is CC(NC(=O)CSc1nc2ccccc2c(=O)n1CCCO)c1ccc(F)cc1. The summed E-state index contributed by atoms with van der Waals surface area (Å²) in [5.41, 5.74) is 1.18. The van der Waals surface area contributed by atoms with Gasteiger partial charge in [-0.3, -0.25) is 14.2 Å². The van der Waals surface area contributed by atoms with Gasteiger partial charge in [0.25, 0.3) is 5.56 Å². The fraction of sp³-hybridized carbons (Fsp3) is 0.286. The molecule has 1 atom stereocenters. The van der Waals surface area contributed by atoms with Crippen LogP contribution in [0.15, 0.2) is 58.5 Å². The van der Waals surface area contributed by atoms with E-state index in [1.165, 1.54) is 28.5 Å². The van der Waals surface area contributed by atoms with Crippen LogP contribution in [-0.2, 0) is 11.3 Å². The first-order valence-corrected chi connectivity index (χ1v) is 10.3. The highest BCUT2D eigenvalue weighted by Crippen LogP contribution is 2.19. The van der Waals surface area contributed by atoms with Gasteiger partial charge in [0.1, 0.15) is 5.82 Å². The first-order chi connectivity index (χ1) is 14.0. The number of aliphatic hydroxyl groups is 1. The maximum atomic E-state index is 13.0. The topological polar surface area (TPSA) is 84.2 Å². The third-order valence-corrected chi connectivity index (χ3v) is 5.42. The highest BCUT2D eigenvalue weighted by Gasteiger charge is 2.15. The summed E-state index contributed by atoms with van der Waals surface area (Å²) in [5.74, 6) is -0.468. The van der Waals surface area contributed by atoms with Crippen molar-refractivity contribution in [2.45, 2.75) is 31.1 Å². The van der Waals surface area contributed by atoms with E-state index in [-0.39, 0.29) is 35.7 Å². The molecule has 0 fully saturated rings. The number of rotatable bonds is 8. The summed E-state index contributed by atoms with van der Waals surface area (Å²) in [6.45, 7) is 2.10. The van der Waals surface area contributed by atoms with Crippen LogP contribution in [0.1, 0.15) is 24.9 Å². The van der Waals surface area contributed by atoms with Gasteiger partial charge >= 0.3 is 0 Å². The largest absolute Gasteiger partial charge is 0.396 e. The summed E-state index contributed by atoms with van der Waals surface area (Å²) >= 11 is 1.17. The van der Waals surface area contributed by atoms with Crippen molar-refractivity contribution in [3.05, 3.63) is 70.3 Å². The number of nitrogens with one attached hydrogen (secondary N) is 1. The summed E-state index contributed by atoms with van der Waals surface area (Å²) in [4.78, 5) is 29.7. The molecule has 1 heterocycles. The molecule has 6 nitrogen and oxygen atoms in total. The quantitative estimate of drug-likeness (QED) is 0.437. The normalized spacial score (nSPS) is 12.1. The van der Waals surface area contributed by atoms with Crippen LogP contribution in [-0.4, -0.2) is 32.9 Å². The summed E-state index contributed by atoms with van der Waals surface area (Å²) in [6, 6.07) is 12.7. The van der Waals surface area contributed by atoms with Gasteiger partial charge in [0, 0.05) is 13.2 Å². The number of hydrogen-bond donors (Lipinski definition) is 2. The van der Waals surface area contributed by atoms with Crippen molar-refractivity contribution in [1.29, 1.82) is 0 Å². The molecule has 1 unspecified atom stereocenters. The molecule has 3 aromatic rings. The highest BCUT2D eigenvalue weighted by atomic mass is 32.2. The van der Waals surface area contributed by atoms with Crippen LogP contribution >= 0.6 is 11.8 Å². The first-order valence-electron chi connectivity index (χ1n) is 9.27. The van der Waals surface area contributed by atoms with E-state index in [9.17, 15) is 14.0 Å². The summed E-state index contributed by atoms with van der Waals surface area (Å²) in [7, 11) is 0. The molecule has 0 aliphatic carbocycles. The fourth-order valence-electron chi connectivity index (χ4n) is 2.93. The van der Waals surface area contributed by atoms with Gasteiger partial charge in [-0.1, -0.05) is 36.0 Å². The van der Waals surface area contributed by atoms with Gasteiger partial charge in [-0.15, -0.1) is 0 Å². The van der Waals surface area contributed by atoms with Gasteiger partial charge < -0.3 is 10.4 Å². The first kappa shape index (κ1) is 21.0. The minimum Gasteiger partial charge on any atom is -0.396 e. The van der Waals surface area contributed by atoms with Crippen LogP contribution in [0.5, 0.6) is 0 Å². The summed E-state index contributed by atoms with van der Waals surface area (Å²) in [5, 5.41) is 12.9. The molecule has 0 aliphatic rings. The zero-order chi connectivity index (χ0) is 20.8. The number of carbonyl (C=O) groups excluding carboxylic acids is 1. The van der Waals surface area contributed by atoms with Crippen molar-refractivity contribution in [3.8, 4) is 0 Å². The highest BCUT2D eigenvalue weighted by molar-refractivity contribution is 7.99. The molecule has 1 aromatic heterocycles. The Hall–Kier alpha value is -2.71. The van der Waals surface area contributed by atoms with Crippen molar-refractivity contribution in [2.24, 2.45) is 0 Å². The number of hydrogen-bond acceptors (Lipinski definition) is 5. The molecule has 8 heteroatoms. The average Bonchev–Trinajstić information content (AvgIpc) is 2.72. The molecular weight excluding hydrogens is 393 g/mol. The third kappa shape index (κ3) is 5.21. The number of amides is 1. The van der Waals surface area contributed by atoms with Crippen LogP contribution in [0.2, 0.25) is 0 Å². The molecule has 3 rings (SSSR count). The van der Waals surface area contributed by atoms with Gasteiger partial charge in [0.2, 0.25) is 5.91 Å². The predicted octanol–water partition coefficient (Wildman–Crippen LogP) is 2.89. The number of fused-ring (bicyclic) bond motifs is 1. The molecule has 0 bridgehead atoms. The van der Waals surface area contributed by atoms with E-state index in [1.54, 1.807) is 36.4 Å². The molecular formula is C21H22FN3O3S. The van der Waals surface area contributed by atoms with E-state index < -0.39 is 0 Å². The molecule has 2 aromatic carbocycles. The van der Waals surface area contributed by atoms with E-state index in [0.29, 0.717) is 29.0 Å². The van der Waals surface area contributed by atoms with E-state index in [2.05, 4.69) is 10.3 Å². The third-order valence-electron chi connectivity index (χ3n) is 4.45. The average molecular weight is 415 g/mol. The zero-order valence-corrected chi connectivity index (χ0v) is 16.8. The maximum absolute atomic E-state index is 13.0. The maximum Gasteiger partial charge on any atom is 0.262 e. The number of aromatic nitrogens is 2. The lowest BCUT2D eigenvalue weighted by Gasteiger charge is -2.15. The van der Waals surface area contributed by atoms with Crippen LogP contribution < -0.4 is 10.9 Å². The van der Waals surface area contributed by atoms with Crippen LogP contribution in [0.4, 0.5) is 4.39 Å². The van der Waals surface area contributed by atoms with E-state index in [4.69, 9.17) is 5.11 Å². The van der Waals surface area contributed by atoms with Gasteiger partial charge in [0.15, 0.2) is 5.16 Å². The van der Waals surface area contributed by atoms with Crippen molar-refractivity contribution in [2.75, 3.05) is 12.4 Å². The molecule has 2 N–H and O–H groups in total. The van der Waals surface area contributed by atoms with Gasteiger partial charge in [0.05, 0.1) is 22.7 Å². The van der Waals surface area contributed by atoms with Crippen molar-refractivity contribution in [1.82, 2.24) is 14.9 Å². The minimum absolute atomic E-state index is 0.0426. The van der Waals surface area contributed by atoms with Gasteiger partial charge in [-0.2, -0.15) is 0 Å². The second-order valence-electron chi connectivity index (χ2n) is 6.57. The van der Waals surface area contributed by atoms with Crippen LogP contribution in [0.3, 0.4) is 0 Å². The van der Waals surface area contributed by atoms with E-state index >= 15 is 0 Å². The lowest BCUT2D eigenvalue weighted by molar-refractivity contribution is -0.119. The fourth-order valence-corrected chi connectivity index (χ4v) is 3.77. The number of aliphatic hydroxyl groups excluding tert-OH is 1. The molecule has 0 aliphatic heterocycles. The smallest absolute Gasteiger partial charge is 0.262 e. The Morgan fingerprint density at radius 2 is 1.97 bits per heavy atom.